The molecule has 0 spiro atoms. The molecule has 16 nitrogen and oxygen atoms in total. The summed E-state index contributed by atoms with van der Waals surface area (Å²) in [6, 6.07) is 0. The molecule has 0 aromatic carbocycles. The zero-order valence-electron chi connectivity index (χ0n) is 13.8. The second kappa shape index (κ2) is 9.08. The third kappa shape index (κ3) is 7.43. The van der Waals surface area contributed by atoms with Crippen LogP contribution < -0.4 is 11.2 Å². The molecule has 29 heavy (non-hydrogen) atoms. The number of hydrogen-bond acceptors (Lipinski definition) is 10. The highest BCUT2D eigenvalue weighted by molar-refractivity contribution is 14.1. The van der Waals surface area contributed by atoms with E-state index in [9.17, 15) is 33.3 Å². The highest BCUT2D eigenvalue weighted by Gasteiger charge is 2.42. The third-order valence-corrected chi connectivity index (χ3v) is 7.83. The van der Waals surface area contributed by atoms with Crippen LogP contribution in [0.2, 0.25) is 0 Å². The number of phosphoric ester groups is 1. The van der Waals surface area contributed by atoms with Crippen molar-refractivity contribution in [3.63, 3.8) is 0 Å². The first-order valence-electron chi connectivity index (χ1n) is 7.21. The van der Waals surface area contributed by atoms with Crippen LogP contribution in [0.3, 0.4) is 0 Å². The molecular weight excluding hydrogens is 580 g/mol. The molecule has 166 valence electrons. The number of rotatable bonds is 8. The Morgan fingerprint density at radius 3 is 2.38 bits per heavy atom. The molecule has 0 amide bonds. The Hall–Kier alpha value is -0.260. The first-order valence-corrected chi connectivity index (χ1v) is 12.8. The number of nitrogens with one attached hydrogen (secondary N) is 1. The van der Waals surface area contributed by atoms with E-state index in [0.29, 0.717) is 0 Å². The van der Waals surface area contributed by atoms with Gasteiger partial charge in [0.25, 0.3) is 5.56 Å². The topological polar surface area (TPSA) is 244 Å². The van der Waals surface area contributed by atoms with Crippen LogP contribution in [0.15, 0.2) is 15.8 Å². The van der Waals surface area contributed by atoms with Gasteiger partial charge in [0.1, 0.15) is 12.3 Å². The average molecular weight is 594 g/mol. The van der Waals surface area contributed by atoms with E-state index >= 15 is 0 Å². The molecule has 20 heteroatoms. The highest BCUT2D eigenvalue weighted by atomic mass is 127. The summed E-state index contributed by atoms with van der Waals surface area (Å²) >= 11 is 1.66. The first-order chi connectivity index (χ1) is 13.1. The number of aliphatic hydroxyl groups excluding tert-OH is 1. The van der Waals surface area contributed by atoms with Crippen molar-refractivity contribution < 1.29 is 56.3 Å². The molecule has 0 aliphatic carbocycles. The Morgan fingerprint density at radius 1 is 1.17 bits per heavy atom. The Kier molecular flexibility index (Phi) is 7.83. The fourth-order valence-electron chi connectivity index (χ4n) is 2.18. The first kappa shape index (κ1) is 25.0. The third-order valence-electron chi connectivity index (χ3n) is 3.26. The van der Waals surface area contributed by atoms with E-state index in [2.05, 4.69) is 13.1 Å². The van der Waals surface area contributed by atoms with E-state index < -0.39 is 59.8 Å². The average Bonchev–Trinajstić information content (AvgIpc) is 2.86. The van der Waals surface area contributed by atoms with E-state index in [4.69, 9.17) is 19.4 Å². The van der Waals surface area contributed by atoms with Crippen LogP contribution in [0.4, 0.5) is 0 Å². The molecule has 1 aliphatic heterocycles. The quantitative estimate of drug-likeness (QED) is 0.158. The smallest absolute Gasteiger partial charge is 0.390 e. The van der Waals surface area contributed by atoms with Crippen LogP contribution >= 0.6 is 46.1 Å². The van der Waals surface area contributed by atoms with Crippen molar-refractivity contribution in [1.82, 2.24) is 9.55 Å². The number of nitrogens with zero attached hydrogens (tertiary/aromatic N) is 1. The van der Waals surface area contributed by atoms with Crippen molar-refractivity contribution >= 4 is 46.1 Å². The van der Waals surface area contributed by atoms with Crippen LogP contribution in [0, 0.1) is 3.57 Å². The van der Waals surface area contributed by atoms with Crippen LogP contribution in [0.1, 0.15) is 12.6 Å². The summed E-state index contributed by atoms with van der Waals surface area (Å²) in [4.78, 5) is 60.6. The molecule has 2 rings (SSSR count). The molecule has 1 fully saturated rings. The second-order valence-electron chi connectivity index (χ2n) is 5.46. The molecule has 2 heterocycles. The van der Waals surface area contributed by atoms with Gasteiger partial charge in [-0.2, -0.15) is 8.62 Å². The zero-order valence-corrected chi connectivity index (χ0v) is 18.6. The van der Waals surface area contributed by atoms with E-state index in [1.807, 2.05) is 4.98 Å². The highest BCUT2D eigenvalue weighted by Crippen LogP contribution is 2.66. The summed E-state index contributed by atoms with van der Waals surface area (Å²) in [7, 11) is -16.6. The molecule has 0 radical (unpaired) electrons. The van der Waals surface area contributed by atoms with Gasteiger partial charge in [0.2, 0.25) is 0 Å². The summed E-state index contributed by atoms with van der Waals surface area (Å²) in [6.07, 6.45) is -2.70. The molecule has 1 saturated heterocycles. The van der Waals surface area contributed by atoms with Gasteiger partial charge in [-0.3, -0.25) is 18.9 Å². The Labute approximate surface area is 174 Å². The number of ether oxygens (including phenoxy) is 1. The van der Waals surface area contributed by atoms with Gasteiger partial charge in [0.05, 0.1) is 16.3 Å². The fraction of sp³-hybridized carbons (Fsp3) is 0.556. The maximum atomic E-state index is 11.9. The Balaban J connectivity index is 2.03. The van der Waals surface area contributed by atoms with Gasteiger partial charge < -0.3 is 29.4 Å². The minimum atomic E-state index is -5.67. The number of aliphatic hydroxyl groups is 1. The molecule has 0 bridgehead atoms. The second-order valence-corrected chi connectivity index (χ2v) is 11.0. The van der Waals surface area contributed by atoms with E-state index in [-0.39, 0.29) is 9.99 Å². The molecule has 1 aliphatic rings. The lowest BCUT2D eigenvalue weighted by molar-refractivity contribution is -0.0450. The maximum absolute atomic E-state index is 11.9. The fourth-order valence-corrected chi connectivity index (χ4v) is 5.65. The summed E-state index contributed by atoms with van der Waals surface area (Å²) in [6.45, 7) is -0.878. The Bertz CT molecular complexity index is 1020. The van der Waals surface area contributed by atoms with Crippen molar-refractivity contribution in [2.24, 2.45) is 0 Å². The number of aromatic nitrogens is 2. The number of halogens is 1. The van der Waals surface area contributed by atoms with Crippen molar-refractivity contribution in [2.45, 2.75) is 24.9 Å². The predicted molar refractivity (Wildman–Crippen MR) is 98.4 cm³/mol. The standard InChI is InChI=1S/C9H14IN2O14P3/c10-4-2-12(9(15)11-8(4)14)7-1-5(13)6(24-7)3-23-28(19,20)26-29(21,22)25-27(16,17)18/h2,5-7,13H,1,3H2,(H,19,20)(H,21,22)(H,11,14,15)(H2,16,17,18). The van der Waals surface area contributed by atoms with Gasteiger partial charge >= 0.3 is 29.2 Å². The number of aromatic amines is 1. The van der Waals surface area contributed by atoms with E-state index in [1.54, 1.807) is 22.6 Å². The molecular formula is C9H14IN2O14P3. The molecule has 5 atom stereocenters. The largest absolute Gasteiger partial charge is 0.490 e. The summed E-state index contributed by atoms with van der Waals surface area (Å²) in [5.74, 6) is 0. The van der Waals surface area contributed by atoms with Crippen molar-refractivity contribution in [2.75, 3.05) is 6.61 Å². The monoisotopic (exact) mass is 594 g/mol. The number of hydrogen-bond donors (Lipinski definition) is 6. The van der Waals surface area contributed by atoms with Gasteiger partial charge in [0.15, 0.2) is 0 Å². The van der Waals surface area contributed by atoms with Crippen molar-refractivity contribution in [3.8, 4) is 0 Å². The van der Waals surface area contributed by atoms with Crippen LogP contribution in [0.5, 0.6) is 0 Å². The molecule has 6 N–H and O–H groups in total. The van der Waals surface area contributed by atoms with Gasteiger partial charge in [-0.25, -0.2) is 18.5 Å². The molecule has 1 aromatic rings. The molecule has 5 unspecified atom stereocenters. The lowest BCUT2D eigenvalue weighted by atomic mass is 10.2. The predicted octanol–water partition coefficient (Wildman–Crippen LogP) is -0.867. The van der Waals surface area contributed by atoms with E-state index in [1.165, 1.54) is 6.20 Å². The number of H-pyrrole nitrogens is 1. The molecule has 1 aromatic heterocycles. The van der Waals surface area contributed by atoms with Crippen molar-refractivity contribution in [1.29, 1.82) is 0 Å². The normalized spacial score (nSPS) is 26.8. The SMILES string of the molecule is O=c1[nH]c(=O)n(C2CC(O)C(COP(=O)(O)OP(=O)(O)OP(=O)(O)O)O2)cc1I. The van der Waals surface area contributed by atoms with Gasteiger partial charge in [-0.1, -0.05) is 0 Å². The summed E-state index contributed by atoms with van der Waals surface area (Å²) in [5.41, 5.74) is -1.46. The van der Waals surface area contributed by atoms with E-state index in [0.717, 1.165) is 4.57 Å². The van der Waals surface area contributed by atoms with Crippen LogP contribution in [0.25, 0.3) is 0 Å². The van der Waals surface area contributed by atoms with Crippen molar-refractivity contribution in [3.05, 3.63) is 30.6 Å². The lowest BCUT2D eigenvalue weighted by Crippen LogP contribution is -2.33. The lowest BCUT2D eigenvalue weighted by Gasteiger charge is -2.19. The number of phosphoric acid groups is 3. The van der Waals surface area contributed by atoms with Gasteiger partial charge in [0, 0.05) is 12.6 Å². The summed E-state index contributed by atoms with van der Waals surface area (Å²) < 4.78 is 51.4. The maximum Gasteiger partial charge on any atom is 0.490 e. The summed E-state index contributed by atoms with van der Waals surface area (Å²) in [5, 5.41) is 9.98. The minimum Gasteiger partial charge on any atom is -0.390 e. The van der Waals surface area contributed by atoms with Gasteiger partial charge in [-0.05, 0) is 22.6 Å². The molecule has 0 saturated carbocycles. The van der Waals surface area contributed by atoms with Crippen LogP contribution in [-0.2, 0) is 31.6 Å². The minimum absolute atomic E-state index is 0.150. The van der Waals surface area contributed by atoms with Gasteiger partial charge in [-0.15, -0.1) is 0 Å². The zero-order chi connectivity index (χ0) is 22.2. The Morgan fingerprint density at radius 2 is 1.79 bits per heavy atom. The van der Waals surface area contributed by atoms with Crippen LogP contribution in [-0.4, -0.2) is 53.0 Å².